The Bertz CT molecular complexity index is 972. The van der Waals surface area contributed by atoms with Crippen molar-refractivity contribution >= 4 is 40.0 Å². The molecule has 8 heteroatoms. The van der Waals surface area contributed by atoms with Crippen molar-refractivity contribution in [3.05, 3.63) is 64.6 Å². The van der Waals surface area contributed by atoms with Gasteiger partial charge in [0.25, 0.3) is 0 Å². The van der Waals surface area contributed by atoms with Gasteiger partial charge in [-0.25, -0.2) is 0 Å². The van der Waals surface area contributed by atoms with Crippen LogP contribution in [0.4, 0.5) is 10.8 Å². The number of halogens is 1. The summed E-state index contributed by atoms with van der Waals surface area (Å²) in [5.74, 6) is 2.24. The number of hydrogen-bond acceptors (Lipinski definition) is 7. The topological polar surface area (TPSA) is 68.3 Å². The maximum absolute atomic E-state index is 5.90. The minimum absolute atomic E-state index is 0.285. The molecule has 6 nitrogen and oxygen atoms in total. The van der Waals surface area contributed by atoms with E-state index in [1.807, 2.05) is 55.5 Å². The first-order chi connectivity index (χ1) is 13.2. The second kappa shape index (κ2) is 7.85. The summed E-state index contributed by atoms with van der Waals surface area (Å²) >= 11 is 7.21. The summed E-state index contributed by atoms with van der Waals surface area (Å²) < 4.78 is 15.1. The smallest absolute Gasteiger partial charge is 0.231 e. The first kappa shape index (κ1) is 17.6. The Kier molecular flexibility index (Phi) is 5.13. The minimum Gasteiger partial charge on any atom is -0.454 e. The van der Waals surface area contributed by atoms with Crippen LogP contribution in [0.25, 0.3) is 6.08 Å². The third kappa shape index (κ3) is 4.50. The number of fused-ring (bicyclic) bond motifs is 1. The van der Waals surface area contributed by atoms with Crippen LogP contribution >= 0.6 is 23.1 Å². The molecule has 0 saturated carbocycles. The van der Waals surface area contributed by atoms with Gasteiger partial charge in [-0.3, -0.25) is 0 Å². The summed E-state index contributed by atoms with van der Waals surface area (Å²) in [6.07, 6.45) is 1.91. The highest BCUT2D eigenvalue weighted by Gasteiger charge is 2.13. The second-order valence-electron chi connectivity index (χ2n) is 5.96. The van der Waals surface area contributed by atoms with Gasteiger partial charge in [0, 0.05) is 40.6 Å². The monoisotopic (exact) mass is 400 g/mol. The van der Waals surface area contributed by atoms with Crippen molar-refractivity contribution in [3.8, 4) is 11.5 Å². The van der Waals surface area contributed by atoms with E-state index in [0.717, 1.165) is 33.6 Å². The first-order valence-electron chi connectivity index (χ1n) is 8.33. The fraction of sp³-hybridized carbons (Fsp3) is 0.158. The lowest BCUT2D eigenvalue weighted by atomic mass is 10.2. The molecule has 0 radical (unpaired) electrons. The highest BCUT2D eigenvalue weighted by atomic mass is 35.5. The van der Waals surface area contributed by atoms with Crippen LogP contribution in [0, 0.1) is 0 Å². The molecule has 1 aromatic heterocycles. The van der Waals surface area contributed by atoms with Crippen LogP contribution in [0.15, 0.2) is 48.2 Å². The molecule has 0 atom stereocenters. The number of nitrogens with zero attached hydrogens (tertiary/aromatic N) is 2. The Morgan fingerprint density at radius 3 is 2.85 bits per heavy atom. The minimum atomic E-state index is 0.285. The highest BCUT2D eigenvalue weighted by molar-refractivity contribution is 7.09. The molecule has 27 heavy (non-hydrogen) atoms. The normalized spacial score (nSPS) is 12.9. The van der Waals surface area contributed by atoms with Crippen LogP contribution in [0.2, 0.25) is 5.02 Å². The summed E-state index contributed by atoms with van der Waals surface area (Å²) in [7, 11) is 0. The molecule has 0 saturated heterocycles. The van der Waals surface area contributed by atoms with Gasteiger partial charge in [-0.1, -0.05) is 17.7 Å². The van der Waals surface area contributed by atoms with E-state index < -0.39 is 0 Å². The van der Waals surface area contributed by atoms with Crippen LogP contribution < -0.4 is 20.1 Å². The SMILES string of the molecule is CC(=Cc1nsc(Nc2ccc(Cl)cc2)n1)NCc1ccc2c(c1)OCO2. The molecule has 0 aliphatic carbocycles. The van der Waals surface area contributed by atoms with E-state index in [2.05, 4.69) is 20.0 Å². The van der Waals surface area contributed by atoms with Crippen LogP contribution in [0.3, 0.4) is 0 Å². The third-order valence-corrected chi connectivity index (χ3v) is 4.79. The molecule has 3 aromatic rings. The molecule has 0 spiro atoms. The van der Waals surface area contributed by atoms with E-state index in [9.17, 15) is 0 Å². The molecule has 138 valence electrons. The van der Waals surface area contributed by atoms with Crippen molar-refractivity contribution in [1.82, 2.24) is 14.7 Å². The van der Waals surface area contributed by atoms with E-state index >= 15 is 0 Å². The van der Waals surface area contributed by atoms with E-state index in [1.165, 1.54) is 11.5 Å². The van der Waals surface area contributed by atoms with Gasteiger partial charge >= 0.3 is 0 Å². The van der Waals surface area contributed by atoms with Gasteiger partial charge in [0.05, 0.1) is 0 Å². The van der Waals surface area contributed by atoms with Gasteiger partial charge in [0.2, 0.25) is 11.9 Å². The largest absolute Gasteiger partial charge is 0.454 e. The fourth-order valence-corrected chi connectivity index (χ4v) is 3.24. The van der Waals surface area contributed by atoms with Crippen molar-refractivity contribution in [2.24, 2.45) is 0 Å². The standard InChI is InChI=1S/C19H17ClN4O2S/c1-12(21-10-13-2-7-16-17(9-13)26-11-25-16)8-18-23-19(27-24-18)22-15-5-3-14(20)4-6-15/h2-9,21H,10-11H2,1H3,(H,22,23,24). The lowest BCUT2D eigenvalue weighted by Crippen LogP contribution is -2.10. The fourth-order valence-electron chi connectivity index (χ4n) is 2.54. The number of nitrogens with one attached hydrogen (secondary N) is 2. The number of aromatic nitrogens is 2. The zero-order valence-corrected chi connectivity index (χ0v) is 16.1. The third-order valence-electron chi connectivity index (χ3n) is 3.89. The van der Waals surface area contributed by atoms with E-state index in [1.54, 1.807) is 0 Å². The highest BCUT2D eigenvalue weighted by Crippen LogP contribution is 2.32. The van der Waals surface area contributed by atoms with Gasteiger partial charge < -0.3 is 20.1 Å². The molecule has 2 N–H and O–H groups in total. The van der Waals surface area contributed by atoms with Crippen LogP contribution in [0.1, 0.15) is 18.3 Å². The number of hydrogen-bond donors (Lipinski definition) is 2. The summed E-state index contributed by atoms with van der Waals surface area (Å²) in [5.41, 5.74) is 3.01. The Labute approximate surface area is 166 Å². The summed E-state index contributed by atoms with van der Waals surface area (Å²) in [6.45, 7) is 2.95. The first-order valence-corrected chi connectivity index (χ1v) is 9.48. The van der Waals surface area contributed by atoms with Crippen molar-refractivity contribution in [2.45, 2.75) is 13.5 Å². The number of ether oxygens (including phenoxy) is 2. The molecule has 2 aromatic carbocycles. The predicted molar refractivity (Wildman–Crippen MR) is 108 cm³/mol. The quantitative estimate of drug-likeness (QED) is 0.618. The second-order valence-corrected chi connectivity index (χ2v) is 7.15. The summed E-state index contributed by atoms with van der Waals surface area (Å²) in [4.78, 5) is 4.48. The lowest BCUT2D eigenvalue weighted by Gasteiger charge is -2.07. The molecule has 1 aliphatic rings. The molecule has 4 rings (SSSR count). The number of anilines is 2. The predicted octanol–water partition coefficient (Wildman–Crippen LogP) is 4.81. The van der Waals surface area contributed by atoms with E-state index in [-0.39, 0.29) is 6.79 Å². The average Bonchev–Trinajstić information content (AvgIpc) is 3.30. The zero-order valence-electron chi connectivity index (χ0n) is 14.5. The lowest BCUT2D eigenvalue weighted by molar-refractivity contribution is 0.174. The van der Waals surface area contributed by atoms with Crippen molar-refractivity contribution in [3.63, 3.8) is 0 Å². The Morgan fingerprint density at radius 2 is 2.00 bits per heavy atom. The van der Waals surface area contributed by atoms with Crippen LogP contribution in [0.5, 0.6) is 11.5 Å². The van der Waals surface area contributed by atoms with Crippen LogP contribution in [-0.2, 0) is 6.54 Å². The molecular formula is C19H17ClN4O2S. The van der Waals surface area contributed by atoms with Crippen molar-refractivity contribution in [2.75, 3.05) is 12.1 Å². The van der Waals surface area contributed by atoms with E-state index in [4.69, 9.17) is 21.1 Å². The van der Waals surface area contributed by atoms with E-state index in [0.29, 0.717) is 17.4 Å². The molecule has 1 aliphatic heterocycles. The molecule has 0 unspecified atom stereocenters. The van der Waals surface area contributed by atoms with Gasteiger partial charge in [0.1, 0.15) is 0 Å². The van der Waals surface area contributed by atoms with Gasteiger partial charge in [-0.15, -0.1) is 0 Å². The molecule has 0 fully saturated rings. The van der Waals surface area contributed by atoms with Gasteiger partial charge in [0.15, 0.2) is 17.3 Å². The summed E-state index contributed by atoms with van der Waals surface area (Å²) in [5, 5.41) is 8.00. The molecule has 0 bridgehead atoms. The molecular weight excluding hydrogens is 384 g/mol. The molecule has 0 amide bonds. The maximum atomic E-state index is 5.90. The van der Waals surface area contributed by atoms with Crippen molar-refractivity contribution < 1.29 is 9.47 Å². The Balaban J connectivity index is 1.35. The van der Waals surface area contributed by atoms with Gasteiger partial charge in [-0.2, -0.15) is 9.36 Å². The zero-order chi connectivity index (χ0) is 18.6. The Morgan fingerprint density at radius 1 is 1.19 bits per heavy atom. The summed E-state index contributed by atoms with van der Waals surface area (Å²) in [6, 6.07) is 13.4. The van der Waals surface area contributed by atoms with Gasteiger partial charge in [-0.05, 0) is 48.9 Å². The van der Waals surface area contributed by atoms with Crippen molar-refractivity contribution in [1.29, 1.82) is 0 Å². The number of benzene rings is 2. The maximum Gasteiger partial charge on any atom is 0.231 e. The molecule has 2 heterocycles. The number of allylic oxidation sites excluding steroid dienone is 1. The Hall–Kier alpha value is -2.77. The van der Waals surface area contributed by atoms with Crippen LogP contribution in [-0.4, -0.2) is 16.2 Å². The number of rotatable bonds is 6. The average molecular weight is 401 g/mol.